The normalized spacial score (nSPS) is 9.90. The van der Waals surface area contributed by atoms with Crippen molar-refractivity contribution in [2.24, 2.45) is 5.73 Å². The summed E-state index contributed by atoms with van der Waals surface area (Å²) in [4.78, 5) is 11.0. The number of benzene rings is 2. The number of nitrogens with two attached hydrogens (primary N) is 2. The fraction of sp³-hybridized carbons (Fsp3) is 0.0667. The molecule has 0 fully saturated rings. The van der Waals surface area contributed by atoms with E-state index in [0.29, 0.717) is 16.8 Å². The molecule has 0 bridgehead atoms. The lowest BCUT2D eigenvalue weighted by Gasteiger charge is -2.09. The number of carbonyl (C=O) groups excluding carboxylic acids is 1. The first kappa shape index (κ1) is 14.3. The molecule has 0 heterocycles. The van der Waals surface area contributed by atoms with Crippen molar-refractivity contribution in [2.75, 3.05) is 5.73 Å². The Hall–Kier alpha value is -3.07. The second-order valence-corrected chi connectivity index (χ2v) is 4.32. The molecule has 4 N–H and O–H groups in total. The second-order valence-electron chi connectivity index (χ2n) is 4.32. The Kier molecular flexibility index (Phi) is 4.05. The summed E-state index contributed by atoms with van der Waals surface area (Å²) in [6.45, 7) is 0.107. The quantitative estimate of drug-likeness (QED) is 0.838. The average Bonchev–Trinajstić information content (AvgIpc) is 2.46. The molecule has 6 heteroatoms. The number of ether oxygens (including phenoxy) is 1. The molecule has 106 valence electrons. The largest absolute Gasteiger partial charge is 0.489 e. The van der Waals surface area contributed by atoms with Gasteiger partial charge in [-0.15, -0.1) is 0 Å². The maximum atomic E-state index is 13.4. The molecule has 0 aliphatic rings. The summed E-state index contributed by atoms with van der Waals surface area (Å²) in [6, 6.07) is 10.3. The zero-order valence-corrected chi connectivity index (χ0v) is 11.0. The highest BCUT2D eigenvalue weighted by Gasteiger charge is 2.07. The van der Waals surface area contributed by atoms with Crippen LogP contribution >= 0.6 is 0 Å². The van der Waals surface area contributed by atoms with E-state index < -0.39 is 11.7 Å². The summed E-state index contributed by atoms with van der Waals surface area (Å²) in [5.74, 6) is -0.930. The van der Waals surface area contributed by atoms with Crippen LogP contribution < -0.4 is 16.2 Å². The fourth-order valence-corrected chi connectivity index (χ4v) is 1.72. The maximum absolute atomic E-state index is 13.4. The Morgan fingerprint density at radius 2 is 2.05 bits per heavy atom. The predicted molar refractivity (Wildman–Crippen MR) is 74.8 cm³/mol. The van der Waals surface area contributed by atoms with E-state index in [1.807, 2.05) is 0 Å². The molecule has 0 aliphatic carbocycles. The average molecular weight is 285 g/mol. The Bertz CT molecular complexity index is 738. The Labute approximate surface area is 120 Å². The van der Waals surface area contributed by atoms with Gasteiger partial charge in [0.05, 0.1) is 5.56 Å². The molecule has 2 aromatic carbocycles. The molecule has 0 saturated heterocycles. The molecule has 0 unspecified atom stereocenters. The first-order chi connectivity index (χ1) is 10.0. The standard InChI is InChI=1S/C15H12FN3O2/c16-13-6-12(4-3-10(13)7-17)21-8-11-2-1-9(15(19)20)5-14(11)18/h1-6H,8,18H2,(H2,19,20). The SMILES string of the molecule is N#Cc1ccc(OCc2ccc(C(N)=O)cc2N)cc1F. The van der Waals surface area contributed by atoms with Crippen molar-refractivity contribution in [3.63, 3.8) is 0 Å². The van der Waals surface area contributed by atoms with Crippen molar-refractivity contribution in [3.05, 3.63) is 58.9 Å². The predicted octanol–water partition coefficient (Wildman–Crippen LogP) is 1.96. The molecule has 2 aromatic rings. The van der Waals surface area contributed by atoms with Crippen LogP contribution in [0.15, 0.2) is 36.4 Å². The van der Waals surface area contributed by atoms with Crippen LogP contribution in [0.5, 0.6) is 5.75 Å². The smallest absolute Gasteiger partial charge is 0.248 e. The lowest BCUT2D eigenvalue weighted by molar-refractivity contribution is 0.100. The lowest BCUT2D eigenvalue weighted by Crippen LogP contribution is -2.12. The van der Waals surface area contributed by atoms with Gasteiger partial charge in [0.25, 0.3) is 0 Å². The van der Waals surface area contributed by atoms with E-state index in [-0.39, 0.29) is 17.9 Å². The van der Waals surface area contributed by atoms with Gasteiger partial charge in [0, 0.05) is 22.9 Å². The van der Waals surface area contributed by atoms with Gasteiger partial charge in [-0.3, -0.25) is 4.79 Å². The van der Waals surface area contributed by atoms with Crippen molar-refractivity contribution < 1.29 is 13.9 Å². The number of halogens is 1. The zero-order valence-electron chi connectivity index (χ0n) is 11.0. The maximum Gasteiger partial charge on any atom is 0.248 e. The van der Waals surface area contributed by atoms with Gasteiger partial charge in [-0.1, -0.05) is 6.07 Å². The van der Waals surface area contributed by atoms with Gasteiger partial charge >= 0.3 is 0 Å². The third kappa shape index (κ3) is 3.28. The molecule has 0 aliphatic heterocycles. The molecule has 0 spiro atoms. The Morgan fingerprint density at radius 1 is 1.29 bits per heavy atom. The topological polar surface area (TPSA) is 102 Å². The summed E-state index contributed by atoms with van der Waals surface area (Å²) in [5, 5.41) is 8.64. The zero-order chi connectivity index (χ0) is 15.4. The van der Waals surface area contributed by atoms with Crippen molar-refractivity contribution >= 4 is 11.6 Å². The van der Waals surface area contributed by atoms with Gasteiger partial charge in [-0.25, -0.2) is 4.39 Å². The van der Waals surface area contributed by atoms with Crippen LogP contribution in [0.4, 0.5) is 10.1 Å². The van der Waals surface area contributed by atoms with E-state index in [9.17, 15) is 9.18 Å². The Balaban J connectivity index is 2.11. The van der Waals surface area contributed by atoms with Gasteiger partial charge in [-0.05, 0) is 24.3 Å². The first-order valence-electron chi connectivity index (χ1n) is 6.02. The number of nitriles is 1. The van der Waals surface area contributed by atoms with Crippen LogP contribution in [0.3, 0.4) is 0 Å². The van der Waals surface area contributed by atoms with E-state index in [2.05, 4.69) is 0 Å². The summed E-state index contributed by atoms with van der Waals surface area (Å²) in [7, 11) is 0. The molecule has 0 radical (unpaired) electrons. The minimum Gasteiger partial charge on any atom is -0.489 e. The molecular weight excluding hydrogens is 273 g/mol. The lowest BCUT2D eigenvalue weighted by atomic mass is 10.1. The van der Waals surface area contributed by atoms with E-state index in [1.165, 1.54) is 24.3 Å². The minimum absolute atomic E-state index is 0.0484. The van der Waals surface area contributed by atoms with Crippen molar-refractivity contribution in [3.8, 4) is 11.8 Å². The number of carbonyl (C=O) groups is 1. The third-order valence-corrected chi connectivity index (χ3v) is 2.89. The minimum atomic E-state index is -0.646. The molecule has 0 aromatic heterocycles. The third-order valence-electron chi connectivity index (χ3n) is 2.89. The van der Waals surface area contributed by atoms with Crippen molar-refractivity contribution in [2.45, 2.75) is 6.61 Å². The highest BCUT2D eigenvalue weighted by Crippen LogP contribution is 2.20. The molecular formula is C15H12FN3O2. The van der Waals surface area contributed by atoms with E-state index in [0.717, 1.165) is 6.07 Å². The summed E-state index contributed by atoms with van der Waals surface area (Å²) in [5.41, 5.74) is 12.2. The van der Waals surface area contributed by atoms with Gasteiger partial charge in [0.15, 0.2) is 0 Å². The number of hydrogen-bond acceptors (Lipinski definition) is 4. The van der Waals surface area contributed by atoms with Gasteiger partial charge in [-0.2, -0.15) is 5.26 Å². The van der Waals surface area contributed by atoms with Crippen LogP contribution in [-0.4, -0.2) is 5.91 Å². The van der Waals surface area contributed by atoms with Crippen LogP contribution in [0, 0.1) is 17.1 Å². The highest BCUT2D eigenvalue weighted by atomic mass is 19.1. The molecule has 1 amide bonds. The van der Waals surface area contributed by atoms with Crippen LogP contribution in [-0.2, 0) is 6.61 Å². The number of primary amides is 1. The molecule has 21 heavy (non-hydrogen) atoms. The monoisotopic (exact) mass is 285 g/mol. The number of hydrogen-bond donors (Lipinski definition) is 2. The van der Waals surface area contributed by atoms with Crippen LogP contribution in [0.1, 0.15) is 21.5 Å². The molecule has 0 saturated carbocycles. The molecule has 2 rings (SSSR count). The van der Waals surface area contributed by atoms with E-state index in [1.54, 1.807) is 12.1 Å². The van der Waals surface area contributed by atoms with Gasteiger partial charge in [0.1, 0.15) is 24.2 Å². The van der Waals surface area contributed by atoms with Crippen molar-refractivity contribution in [1.82, 2.24) is 0 Å². The Morgan fingerprint density at radius 3 is 2.62 bits per heavy atom. The van der Waals surface area contributed by atoms with Crippen molar-refractivity contribution in [1.29, 1.82) is 5.26 Å². The van der Waals surface area contributed by atoms with Crippen LogP contribution in [0.2, 0.25) is 0 Å². The van der Waals surface area contributed by atoms with Gasteiger partial charge < -0.3 is 16.2 Å². The van der Waals surface area contributed by atoms with E-state index in [4.69, 9.17) is 21.5 Å². The summed E-state index contributed by atoms with van der Waals surface area (Å²) < 4.78 is 18.8. The summed E-state index contributed by atoms with van der Waals surface area (Å²) in [6.07, 6.45) is 0. The van der Waals surface area contributed by atoms with Gasteiger partial charge in [0.2, 0.25) is 5.91 Å². The molecule has 0 atom stereocenters. The second kappa shape index (κ2) is 5.92. The number of amides is 1. The number of nitrogens with zero attached hydrogens (tertiary/aromatic N) is 1. The number of rotatable bonds is 4. The van der Waals surface area contributed by atoms with E-state index >= 15 is 0 Å². The number of anilines is 1. The summed E-state index contributed by atoms with van der Waals surface area (Å²) >= 11 is 0. The molecule has 5 nitrogen and oxygen atoms in total. The first-order valence-corrected chi connectivity index (χ1v) is 6.02. The fourth-order valence-electron chi connectivity index (χ4n) is 1.72. The van der Waals surface area contributed by atoms with Crippen LogP contribution in [0.25, 0.3) is 0 Å². The number of nitrogen functional groups attached to an aromatic ring is 1. The highest BCUT2D eigenvalue weighted by molar-refractivity contribution is 5.93.